The van der Waals surface area contributed by atoms with Crippen molar-refractivity contribution in [1.82, 2.24) is 15.0 Å². The molecule has 1 atom stereocenters. The van der Waals surface area contributed by atoms with Crippen LogP contribution in [-0.2, 0) is 6.42 Å². The molecule has 0 bridgehead atoms. The van der Waals surface area contributed by atoms with Crippen LogP contribution in [0, 0.1) is 0 Å². The lowest BCUT2D eigenvalue weighted by molar-refractivity contribution is 0.850. The summed E-state index contributed by atoms with van der Waals surface area (Å²) >= 11 is 3.33. The molecule has 0 radical (unpaired) electrons. The summed E-state index contributed by atoms with van der Waals surface area (Å²) in [5.74, 6) is 0.794. The minimum Gasteiger partial charge on any atom is -0.360 e. The van der Waals surface area contributed by atoms with Gasteiger partial charge < -0.3 is 5.32 Å². The standard InChI is InChI=1S/C12H16N4S2/c1-4-9-5-14-12(18-9)8(2)15-10-6-13-7-11(16-10)17-3/h5-8H,4H2,1-3H3,(H,15,16). The first-order chi connectivity index (χ1) is 8.72. The first-order valence-electron chi connectivity index (χ1n) is 5.80. The quantitative estimate of drug-likeness (QED) is 0.851. The summed E-state index contributed by atoms with van der Waals surface area (Å²) in [7, 11) is 0. The van der Waals surface area contributed by atoms with Crippen molar-refractivity contribution < 1.29 is 0 Å². The van der Waals surface area contributed by atoms with Gasteiger partial charge in [0.25, 0.3) is 0 Å². The second-order valence-corrected chi connectivity index (χ2v) is 5.80. The summed E-state index contributed by atoms with van der Waals surface area (Å²) < 4.78 is 0. The normalized spacial score (nSPS) is 12.4. The fraction of sp³-hybridized carbons (Fsp3) is 0.417. The third-order valence-electron chi connectivity index (χ3n) is 2.48. The van der Waals surface area contributed by atoms with E-state index in [9.17, 15) is 0 Å². The van der Waals surface area contributed by atoms with Crippen LogP contribution in [0.5, 0.6) is 0 Å². The average molecular weight is 280 g/mol. The van der Waals surface area contributed by atoms with E-state index in [2.05, 4.69) is 34.1 Å². The molecule has 2 aromatic heterocycles. The number of rotatable bonds is 5. The van der Waals surface area contributed by atoms with E-state index in [1.165, 1.54) is 4.88 Å². The van der Waals surface area contributed by atoms with Crippen LogP contribution >= 0.6 is 23.1 Å². The van der Waals surface area contributed by atoms with Gasteiger partial charge >= 0.3 is 0 Å². The summed E-state index contributed by atoms with van der Waals surface area (Å²) in [6.45, 7) is 4.23. The third-order valence-corrected chi connectivity index (χ3v) is 4.42. The zero-order valence-electron chi connectivity index (χ0n) is 10.7. The van der Waals surface area contributed by atoms with Crippen molar-refractivity contribution in [2.45, 2.75) is 31.3 Å². The predicted molar refractivity (Wildman–Crippen MR) is 77.3 cm³/mol. The highest BCUT2D eigenvalue weighted by Crippen LogP contribution is 2.23. The molecule has 1 unspecified atom stereocenters. The number of anilines is 1. The lowest BCUT2D eigenvalue weighted by atomic mass is 10.3. The van der Waals surface area contributed by atoms with Crippen LogP contribution in [0.25, 0.3) is 0 Å². The molecule has 0 aromatic carbocycles. The molecule has 0 saturated carbocycles. The van der Waals surface area contributed by atoms with Gasteiger partial charge in [0.05, 0.1) is 18.4 Å². The Kier molecular flexibility index (Phi) is 4.54. The molecule has 2 aromatic rings. The molecule has 6 heteroatoms. The Labute approximate surface area is 115 Å². The zero-order valence-corrected chi connectivity index (χ0v) is 12.3. The van der Waals surface area contributed by atoms with Crippen molar-refractivity contribution in [3.8, 4) is 0 Å². The van der Waals surface area contributed by atoms with Gasteiger partial charge in [-0.15, -0.1) is 23.1 Å². The van der Waals surface area contributed by atoms with E-state index in [4.69, 9.17) is 0 Å². The molecule has 0 aliphatic rings. The summed E-state index contributed by atoms with van der Waals surface area (Å²) in [4.78, 5) is 14.3. The van der Waals surface area contributed by atoms with Crippen molar-refractivity contribution in [2.24, 2.45) is 0 Å². The van der Waals surface area contributed by atoms with E-state index in [1.807, 2.05) is 12.5 Å². The Hall–Kier alpha value is -1.14. The van der Waals surface area contributed by atoms with E-state index in [0.717, 1.165) is 22.3 Å². The molecule has 0 aliphatic carbocycles. The molecule has 0 aliphatic heterocycles. The van der Waals surface area contributed by atoms with Gasteiger partial charge in [-0.3, -0.25) is 4.98 Å². The molecule has 2 rings (SSSR count). The number of hydrogen-bond acceptors (Lipinski definition) is 6. The van der Waals surface area contributed by atoms with E-state index >= 15 is 0 Å². The molecule has 1 N–H and O–H groups in total. The van der Waals surface area contributed by atoms with Gasteiger partial charge in [0.1, 0.15) is 15.9 Å². The van der Waals surface area contributed by atoms with E-state index in [-0.39, 0.29) is 6.04 Å². The van der Waals surface area contributed by atoms with E-state index < -0.39 is 0 Å². The Balaban J connectivity index is 2.08. The second-order valence-electron chi connectivity index (χ2n) is 3.83. The summed E-state index contributed by atoms with van der Waals surface area (Å²) in [6.07, 6.45) is 8.48. The van der Waals surface area contributed by atoms with Crippen LogP contribution in [0.3, 0.4) is 0 Å². The summed E-state index contributed by atoms with van der Waals surface area (Å²) in [6, 6.07) is 0.154. The van der Waals surface area contributed by atoms with Crippen molar-refractivity contribution in [2.75, 3.05) is 11.6 Å². The van der Waals surface area contributed by atoms with Gasteiger partial charge in [0.2, 0.25) is 0 Å². The molecule has 0 spiro atoms. The molecule has 0 saturated heterocycles. The first kappa shape index (κ1) is 13.3. The van der Waals surface area contributed by atoms with Crippen LogP contribution in [0.15, 0.2) is 23.6 Å². The Morgan fingerprint density at radius 3 is 2.89 bits per heavy atom. The molecule has 4 nitrogen and oxygen atoms in total. The summed E-state index contributed by atoms with van der Waals surface area (Å²) in [5.41, 5.74) is 0. The maximum absolute atomic E-state index is 4.45. The van der Waals surface area contributed by atoms with Crippen LogP contribution < -0.4 is 5.32 Å². The topological polar surface area (TPSA) is 50.7 Å². The maximum atomic E-state index is 4.45. The van der Waals surface area contributed by atoms with Gasteiger partial charge in [-0.2, -0.15) is 0 Å². The van der Waals surface area contributed by atoms with E-state index in [1.54, 1.807) is 35.5 Å². The van der Waals surface area contributed by atoms with Gasteiger partial charge in [-0.05, 0) is 19.6 Å². The lowest BCUT2D eigenvalue weighted by Gasteiger charge is -2.11. The van der Waals surface area contributed by atoms with E-state index in [0.29, 0.717) is 0 Å². The van der Waals surface area contributed by atoms with Gasteiger partial charge in [0.15, 0.2) is 0 Å². The smallest absolute Gasteiger partial charge is 0.146 e. The van der Waals surface area contributed by atoms with Gasteiger partial charge in [-0.25, -0.2) is 9.97 Å². The Bertz CT molecular complexity index is 512. The van der Waals surface area contributed by atoms with Crippen LogP contribution in [-0.4, -0.2) is 21.2 Å². The first-order valence-corrected chi connectivity index (χ1v) is 7.84. The van der Waals surface area contributed by atoms with Crippen LogP contribution in [0.2, 0.25) is 0 Å². The number of nitrogens with zero attached hydrogens (tertiary/aromatic N) is 3. The molecule has 18 heavy (non-hydrogen) atoms. The molecular formula is C12H16N4S2. The minimum atomic E-state index is 0.154. The Morgan fingerprint density at radius 2 is 2.22 bits per heavy atom. The van der Waals surface area contributed by atoms with Crippen LogP contribution in [0.1, 0.15) is 29.8 Å². The largest absolute Gasteiger partial charge is 0.360 e. The predicted octanol–water partition coefficient (Wildman–Crippen LogP) is 3.39. The number of aryl methyl sites for hydroxylation is 1. The van der Waals surface area contributed by atoms with Crippen molar-refractivity contribution in [1.29, 1.82) is 0 Å². The molecule has 0 amide bonds. The van der Waals surface area contributed by atoms with Gasteiger partial charge in [-0.1, -0.05) is 6.92 Å². The molecule has 0 fully saturated rings. The number of thiazole rings is 1. The highest BCUT2D eigenvalue weighted by molar-refractivity contribution is 7.98. The lowest BCUT2D eigenvalue weighted by Crippen LogP contribution is -2.08. The maximum Gasteiger partial charge on any atom is 0.146 e. The van der Waals surface area contributed by atoms with Crippen molar-refractivity contribution >= 4 is 28.9 Å². The third kappa shape index (κ3) is 3.20. The summed E-state index contributed by atoms with van der Waals surface area (Å²) in [5, 5.41) is 5.33. The van der Waals surface area contributed by atoms with Crippen molar-refractivity contribution in [3.63, 3.8) is 0 Å². The molecule has 2 heterocycles. The molecular weight excluding hydrogens is 264 g/mol. The SMILES string of the molecule is CCc1cnc(C(C)Nc2cncc(SC)n2)s1. The number of nitrogens with one attached hydrogen (secondary N) is 1. The number of hydrogen-bond donors (Lipinski definition) is 1. The fourth-order valence-corrected chi connectivity index (χ4v) is 2.70. The monoisotopic (exact) mass is 280 g/mol. The highest BCUT2D eigenvalue weighted by Gasteiger charge is 2.10. The zero-order chi connectivity index (χ0) is 13.0. The van der Waals surface area contributed by atoms with Crippen LogP contribution in [0.4, 0.5) is 5.82 Å². The average Bonchev–Trinajstić information content (AvgIpc) is 2.88. The number of aromatic nitrogens is 3. The number of thioether (sulfide) groups is 1. The second kappa shape index (κ2) is 6.15. The highest BCUT2D eigenvalue weighted by atomic mass is 32.2. The molecule has 96 valence electrons. The minimum absolute atomic E-state index is 0.154. The van der Waals surface area contributed by atoms with Gasteiger partial charge in [0, 0.05) is 11.1 Å². The van der Waals surface area contributed by atoms with Crippen molar-refractivity contribution in [3.05, 3.63) is 28.5 Å². The fourth-order valence-electron chi connectivity index (χ4n) is 1.49. The Morgan fingerprint density at radius 1 is 1.39 bits per heavy atom.